The molecule has 4 nitrogen and oxygen atoms in total. The molecule has 26 heavy (non-hydrogen) atoms. The number of anilines is 1. The Morgan fingerprint density at radius 3 is 2.58 bits per heavy atom. The maximum atomic E-state index is 13.3. The highest BCUT2D eigenvalue weighted by Crippen LogP contribution is 2.43. The number of nitrogens with zero attached hydrogens (tertiary/aromatic N) is 2. The first-order valence-corrected chi connectivity index (χ1v) is 9.89. The summed E-state index contributed by atoms with van der Waals surface area (Å²) in [4.78, 5) is 12.3. The molecule has 0 aliphatic carbocycles. The zero-order valence-corrected chi connectivity index (χ0v) is 16.3. The van der Waals surface area contributed by atoms with E-state index >= 15 is 0 Å². The van der Waals surface area contributed by atoms with Gasteiger partial charge < -0.3 is 5.32 Å². The van der Waals surface area contributed by atoms with Gasteiger partial charge >= 0.3 is 0 Å². The Balaban J connectivity index is 1.87. The van der Waals surface area contributed by atoms with Gasteiger partial charge in [-0.2, -0.15) is 5.10 Å². The number of benzene rings is 2. The van der Waals surface area contributed by atoms with Crippen molar-refractivity contribution in [2.45, 2.75) is 12.2 Å². The fraction of sp³-hybridized carbons (Fsp3) is 0.158. The molecule has 0 unspecified atom stereocenters. The largest absolute Gasteiger partial charge is 0.310 e. The molecular weight excluding hydrogens is 417 g/mol. The van der Waals surface area contributed by atoms with Crippen LogP contribution in [0.15, 0.2) is 53.0 Å². The third-order valence-electron chi connectivity index (χ3n) is 4.25. The third-order valence-corrected chi connectivity index (χ3v) is 6.05. The van der Waals surface area contributed by atoms with Crippen LogP contribution in [-0.4, -0.2) is 21.4 Å². The summed E-state index contributed by atoms with van der Waals surface area (Å²) in [5.41, 5.74) is 3.63. The smallest absolute Gasteiger partial charge is 0.235 e. The lowest BCUT2D eigenvalue weighted by atomic mass is 10.0. The second-order valence-electron chi connectivity index (χ2n) is 6.03. The minimum absolute atomic E-state index is 0.00810. The summed E-state index contributed by atoms with van der Waals surface area (Å²) in [5, 5.41) is 7.58. The SMILES string of the molecule is Cc1nn(-c2ccc(F)cc2)c2c1[C@H](c1ccc(Br)cc1)SCC(=O)N2. The fourth-order valence-corrected chi connectivity index (χ4v) is 4.51. The number of carbonyl (C=O) groups excluding carboxylic acids is 1. The van der Waals surface area contributed by atoms with E-state index in [1.54, 1.807) is 28.6 Å². The van der Waals surface area contributed by atoms with Crippen LogP contribution in [0.25, 0.3) is 5.69 Å². The molecule has 0 fully saturated rings. The lowest BCUT2D eigenvalue weighted by molar-refractivity contribution is -0.113. The number of nitrogens with one attached hydrogen (secondary N) is 1. The van der Waals surface area contributed by atoms with Gasteiger partial charge in [0, 0.05) is 10.0 Å². The summed E-state index contributed by atoms with van der Waals surface area (Å²) in [6, 6.07) is 14.2. The van der Waals surface area contributed by atoms with Crippen molar-refractivity contribution in [1.29, 1.82) is 0 Å². The minimum Gasteiger partial charge on any atom is -0.310 e. The molecule has 1 atom stereocenters. The van der Waals surface area contributed by atoms with Gasteiger partial charge in [-0.15, -0.1) is 11.8 Å². The molecule has 1 amide bonds. The number of halogens is 2. The topological polar surface area (TPSA) is 46.9 Å². The van der Waals surface area contributed by atoms with Crippen LogP contribution in [0.2, 0.25) is 0 Å². The summed E-state index contributed by atoms with van der Waals surface area (Å²) in [5.74, 6) is 0.630. The highest BCUT2D eigenvalue weighted by Gasteiger charge is 2.30. The Hall–Kier alpha value is -2.12. The molecular formula is C19H15BrFN3OS. The zero-order valence-electron chi connectivity index (χ0n) is 13.9. The second kappa shape index (κ2) is 6.89. The van der Waals surface area contributed by atoms with E-state index in [1.165, 1.54) is 12.1 Å². The van der Waals surface area contributed by atoms with E-state index in [0.29, 0.717) is 17.3 Å². The van der Waals surface area contributed by atoms with E-state index in [2.05, 4.69) is 38.5 Å². The number of hydrogen-bond donors (Lipinski definition) is 1. The quantitative estimate of drug-likeness (QED) is 0.630. The molecule has 0 bridgehead atoms. The summed E-state index contributed by atoms with van der Waals surface area (Å²) < 4.78 is 16.0. The van der Waals surface area contributed by atoms with Crippen molar-refractivity contribution >= 4 is 39.4 Å². The molecule has 7 heteroatoms. The van der Waals surface area contributed by atoms with Crippen molar-refractivity contribution in [1.82, 2.24) is 9.78 Å². The zero-order chi connectivity index (χ0) is 18.3. The fourth-order valence-electron chi connectivity index (χ4n) is 3.05. The van der Waals surface area contributed by atoms with Gasteiger partial charge in [-0.3, -0.25) is 4.79 Å². The summed E-state index contributed by atoms with van der Waals surface area (Å²) in [6.07, 6.45) is 0. The van der Waals surface area contributed by atoms with Crippen LogP contribution in [0.4, 0.5) is 10.2 Å². The molecule has 2 heterocycles. The second-order valence-corrected chi connectivity index (χ2v) is 8.04. The van der Waals surface area contributed by atoms with Crippen molar-refractivity contribution in [3.63, 3.8) is 0 Å². The molecule has 1 N–H and O–H groups in total. The maximum absolute atomic E-state index is 13.3. The molecule has 0 radical (unpaired) electrons. The lowest BCUT2D eigenvalue weighted by Crippen LogP contribution is -2.15. The van der Waals surface area contributed by atoms with Crippen molar-refractivity contribution in [3.8, 4) is 5.69 Å². The van der Waals surface area contributed by atoms with Crippen LogP contribution in [0, 0.1) is 12.7 Å². The highest BCUT2D eigenvalue weighted by atomic mass is 79.9. The number of thioether (sulfide) groups is 1. The molecule has 0 saturated heterocycles. The van der Waals surface area contributed by atoms with Crippen molar-refractivity contribution in [3.05, 3.63) is 75.6 Å². The lowest BCUT2D eigenvalue weighted by Gasteiger charge is -2.15. The molecule has 1 aromatic heterocycles. The van der Waals surface area contributed by atoms with Gasteiger partial charge in [-0.25, -0.2) is 9.07 Å². The highest BCUT2D eigenvalue weighted by molar-refractivity contribution is 9.10. The summed E-state index contributed by atoms with van der Waals surface area (Å²) in [7, 11) is 0. The van der Waals surface area contributed by atoms with Gasteiger partial charge in [-0.1, -0.05) is 28.1 Å². The number of rotatable bonds is 2. The van der Waals surface area contributed by atoms with E-state index in [0.717, 1.165) is 21.3 Å². The van der Waals surface area contributed by atoms with E-state index in [9.17, 15) is 9.18 Å². The molecule has 4 rings (SSSR count). The molecule has 3 aromatic rings. The number of carbonyl (C=O) groups is 1. The van der Waals surface area contributed by atoms with Crippen LogP contribution in [0.5, 0.6) is 0 Å². The van der Waals surface area contributed by atoms with Crippen LogP contribution >= 0.6 is 27.7 Å². The Morgan fingerprint density at radius 2 is 1.88 bits per heavy atom. The predicted octanol–water partition coefficient (Wildman–Crippen LogP) is 4.86. The predicted molar refractivity (Wildman–Crippen MR) is 105 cm³/mol. The van der Waals surface area contributed by atoms with Crippen LogP contribution in [0.3, 0.4) is 0 Å². The van der Waals surface area contributed by atoms with Gasteiger partial charge in [0.05, 0.1) is 22.4 Å². The molecule has 0 spiro atoms. The number of aryl methyl sites for hydroxylation is 1. The number of aromatic nitrogens is 2. The number of fused-ring (bicyclic) bond motifs is 1. The van der Waals surface area contributed by atoms with E-state index in [1.807, 2.05) is 19.1 Å². The normalized spacial score (nSPS) is 16.7. The van der Waals surface area contributed by atoms with Crippen LogP contribution in [0.1, 0.15) is 22.1 Å². The Kier molecular flexibility index (Phi) is 4.58. The molecule has 1 aliphatic heterocycles. The van der Waals surface area contributed by atoms with Crippen molar-refractivity contribution in [2.24, 2.45) is 0 Å². The Bertz CT molecular complexity index is 970. The van der Waals surface area contributed by atoms with Gasteiger partial charge in [0.25, 0.3) is 0 Å². The molecule has 2 aromatic carbocycles. The Labute approximate surface area is 162 Å². The van der Waals surface area contributed by atoms with Gasteiger partial charge in [0.1, 0.15) is 11.6 Å². The van der Waals surface area contributed by atoms with E-state index < -0.39 is 0 Å². The monoisotopic (exact) mass is 431 g/mol. The van der Waals surface area contributed by atoms with Crippen molar-refractivity contribution in [2.75, 3.05) is 11.1 Å². The van der Waals surface area contributed by atoms with Crippen LogP contribution in [-0.2, 0) is 4.79 Å². The average Bonchev–Trinajstić information content (AvgIpc) is 2.83. The molecule has 0 saturated carbocycles. The first kappa shape index (κ1) is 17.3. The summed E-state index contributed by atoms with van der Waals surface area (Å²) in [6.45, 7) is 1.93. The number of hydrogen-bond acceptors (Lipinski definition) is 3. The first-order valence-electron chi connectivity index (χ1n) is 8.05. The Morgan fingerprint density at radius 1 is 1.19 bits per heavy atom. The first-order chi connectivity index (χ1) is 12.5. The number of amides is 1. The van der Waals surface area contributed by atoms with Gasteiger partial charge in [0.15, 0.2) is 0 Å². The van der Waals surface area contributed by atoms with E-state index in [4.69, 9.17) is 0 Å². The van der Waals surface area contributed by atoms with Crippen molar-refractivity contribution < 1.29 is 9.18 Å². The van der Waals surface area contributed by atoms with Crippen LogP contribution < -0.4 is 5.32 Å². The molecule has 132 valence electrons. The minimum atomic E-state index is -0.309. The maximum Gasteiger partial charge on any atom is 0.235 e. The molecule has 1 aliphatic rings. The standard InChI is InChI=1S/C19H15BrFN3OS/c1-11-17-18(12-2-4-13(20)5-3-12)26-10-16(25)22-19(17)24(23-11)15-8-6-14(21)7-9-15/h2-9,18H,10H2,1H3,(H,22,25)/t18-/m0/s1. The average molecular weight is 432 g/mol. The third kappa shape index (κ3) is 3.17. The van der Waals surface area contributed by atoms with Gasteiger partial charge in [-0.05, 0) is 48.9 Å². The summed E-state index contributed by atoms with van der Waals surface area (Å²) >= 11 is 5.04. The van der Waals surface area contributed by atoms with Gasteiger partial charge in [0.2, 0.25) is 5.91 Å². The van der Waals surface area contributed by atoms with E-state index in [-0.39, 0.29) is 17.0 Å².